The van der Waals surface area contributed by atoms with Crippen molar-refractivity contribution in [2.45, 2.75) is 6.42 Å². The molecule has 0 spiro atoms. The van der Waals surface area contributed by atoms with Gasteiger partial charge in [-0.15, -0.1) is 0 Å². The van der Waals surface area contributed by atoms with Crippen molar-refractivity contribution in [3.8, 4) is 17.4 Å². The van der Waals surface area contributed by atoms with Crippen LogP contribution in [0.3, 0.4) is 0 Å². The van der Waals surface area contributed by atoms with E-state index in [9.17, 15) is 9.90 Å². The number of aromatic amines is 1. The van der Waals surface area contributed by atoms with Crippen molar-refractivity contribution in [2.24, 2.45) is 0 Å². The van der Waals surface area contributed by atoms with Gasteiger partial charge in [-0.05, 0) is 17.7 Å². The summed E-state index contributed by atoms with van der Waals surface area (Å²) in [6, 6.07) is 14.7. The van der Waals surface area contributed by atoms with Crippen LogP contribution < -0.4 is 5.56 Å². The second kappa shape index (κ2) is 5.58. The molecule has 0 radical (unpaired) electrons. The molecule has 1 aromatic carbocycles. The number of aromatic hydroxyl groups is 1. The third kappa shape index (κ3) is 2.81. The van der Waals surface area contributed by atoms with E-state index in [1.807, 2.05) is 30.3 Å². The van der Waals surface area contributed by atoms with E-state index in [1.54, 1.807) is 24.4 Å². The first-order chi connectivity index (χ1) is 10.2. The maximum Gasteiger partial charge on any atom is 0.258 e. The number of pyridine rings is 1. The number of hydrogen-bond acceptors (Lipinski definition) is 4. The molecule has 0 saturated heterocycles. The van der Waals surface area contributed by atoms with Crippen molar-refractivity contribution in [3.05, 3.63) is 76.2 Å². The van der Waals surface area contributed by atoms with Crippen molar-refractivity contribution < 1.29 is 5.11 Å². The van der Waals surface area contributed by atoms with Crippen LogP contribution in [0.15, 0.2) is 59.5 Å². The summed E-state index contributed by atoms with van der Waals surface area (Å²) >= 11 is 0. The zero-order chi connectivity index (χ0) is 14.7. The van der Waals surface area contributed by atoms with Gasteiger partial charge in [0.05, 0.1) is 5.56 Å². The molecule has 0 aliphatic rings. The van der Waals surface area contributed by atoms with Gasteiger partial charge >= 0.3 is 0 Å². The number of H-pyrrole nitrogens is 1. The van der Waals surface area contributed by atoms with Crippen LogP contribution in [0.25, 0.3) is 11.5 Å². The molecule has 0 bridgehead atoms. The first kappa shape index (κ1) is 13.1. The first-order valence-electron chi connectivity index (χ1n) is 6.51. The van der Waals surface area contributed by atoms with Crippen molar-refractivity contribution in [1.29, 1.82) is 0 Å². The smallest absolute Gasteiger partial charge is 0.258 e. The van der Waals surface area contributed by atoms with Crippen LogP contribution in [0.1, 0.15) is 11.1 Å². The van der Waals surface area contributed by atoms with Crippen LogP contribution in [-0.2, 0) is 6.42 Å². The van der Waals surface area contributed by atoms with Gasteiger partial charge in [0, 0.05) is 12.6 Å². The van der Waals surface area contributed by atoms with E-state index < -0.39 is 0 Å². The maximum absolute atomic E-state index is 12.2. The van der Waals surface area contributed by atoms with Gasteiger partial charge in [-0.25, -0.2) is 0 Å². The van der Waals surface area contributed by atoms with E-state index in [4.69, 9.17) is 0 Å². The number of hydrogen-bond donors (Lipinski definition) is 2. The molecule has 2 heterocycles. The van der Waals surface area contributed by atoms with Gasteiger partial charge in [0.15, 0.2) is 5.82 Å². The molecule has 0 atom stereocenters. The standard InChI is InChI=1S/C16H13N3O2/c20-15-12(10-11-6-2-1-3-7-11)16(21)19-14(18-15)13-8-4-5-9-17-13/h1-9H,10H2,(H2,18,19,20,21). The Morgan fingerprint density at radius 2 is 1.81 bits per heavy atom. The van der Waals surface area contributed by atoms with Crippen LogP contribution >= 0.6 is 0 Å². The molecule has 5 nitrogen and oxygen atoms in total. The second-order valence-electron chi connectivity index (χ2n) is 4.59. The first-order valence-corrected chi connectivity index (χ1v) is 6.51. The lowest BCUT2D eigenvalue weighted by Gasteiger charge is -2.05. The van der Waals surface area contributed by atoms with Gasteiger partial charge in [-0.2, -0.15) is 4.98 Å². The average molecular weight is 279 g/mol. The normalized spacial score (nSPS) is 10.5. The van der Waals surface area contributed by atoms with Crippen molar-refractivity contribution in [1.82, 2.24) is 15.0 Å². The Morgan fingerprint density at radius 1 is 1.05 bits per heavy atom. The Bertz CT molecular complexity index is 799. The van der Waals surface area contributed by atoms with Gasteiger partial charge < -0.3 is 10.1 Å². The van der Waals surface area contributed by atoms with Gasteiger partial charge in [-0.1, -0.05) is 36.4 Å². The van der Waals surface area contributed by atoms with E-state index in [0.717, 1.165) is 5.56 Å². The van der Waals surface area contributed by atoms with E-state index in [-0.39, 0.29) is 22.8 Å². The third-order valence-electron chi connectivity index (χ3n) is 3.12. The molecular formula is C16H13N3O2. The SMILES string of the molecule is O=c1[nH]c(-c2ccccn2)nc(O)c1Cc1ccccc1. The van der Waals surface area contributed by atoms with Gasteiger partial charge in [0.1, 0.15) is 5.69 Å². The summed E-state index contributed by atoms with van der Waals surface area (Å²) < 4.78 is 0. The summed E-state index contributed by atoms with van der Waals surface area (Å²) in [6.07, 6.45) is 1.93. The lowest BCUT2D eigenvalue weighted by atomic mass is 10.1. The Kier molecular flexibility index (Phi) is 3.47. The Hall–Kier alpha value is -2.95. The van der Waals surface area contributed by atoms with Crippen LogP contribution in [0.5, 0.6) is 5.88 Å². The summed E-state index contributed by atoms with van der Waals surface area (Å²) in [4.78, 5) is 23.0. The molecule has 5 heteroatoms. The van der Waals surface area contributed by atoms with E-state index in [1.165, 1.54) is 0 Å². The zero-order valence-corrected chi connectivity index (χ0v) is 11.2. The Morgan fingerprint density at radius 3 is 2.48 bits per heavy atom. The number of nitrogens with one attached hydrogen (secondary N) is 1. The van der Waals surface area contributed by atoms with Gasteiger partial charge in [0.2, 0.25) is 5.88 Å². The quantitative estimate of drug-likeness (QED) is 0.769. The number of nitrogens with zero attached hydrogens (tertiary/aromatic N) is 2. The third-order valence-corrected chi connectivity index (χ3v) is 3.12. The van der Waals surface area contributed by atoms with Crippen molar-refractivity contribution in [2.75, 3.05) is 0 Å². The Balaban J connectivity index is 1.99. The van der Waals surface area contributed by atoms with Crippen LogP contribution in [0.4, 0.5) is 0 Å². The fourth-order valence-corrected chi connectivity index (χ4v) is 2.07. The summed E-state index contributed by atoms with van der Waals surface area (Å²) in [7, 11) is 0. The lowest BCUT2D eigenvalue weighted by molar-refractivity contribution is 0.445. The van der Waals surface area contributed by atoms with Crippen LogP contribution in [-0.4, -0.2) is 20.1 Å². The zero-order valence-electron chi connectivity index (χ0n) is 11.2. The molecule has 0 aliphatic carbocycles. The number of rotatable bonds is 3. The number of benzene rings is 1. The summed E-state index contributed by atoms with van der Waals surface area (Å²) in [5, 5.41) is 10.0. The minimum absolute atomic E-state index is 0.251. The molecule has 3 aromatic rings. The predicted octanol–water partition coefficient (Wildman–Crippen LogP) is 2.13. The molecule has 3 rings (SSSR count). The lowest BCUT2D eigenvalue weighted by Crippen LogP contribution is -2.16. The van der Waals surface area contributed by atoms with E-state index >= 15 is 0 Å². The van der Waals surface area contributed by atoms with Crippen LogP contribution in [0, 0.1) is 0 Å². The monoisotopic (exact) mass is 279 g/mol. The number of aromatic nitrogens is 3. The fourth-order valence-electron chi connectivity index (χ4n) is 2.07. The average Bonchev–Trinajstić information content (AvgIpc) is 2.52. The van der Waals surface area contributed by atoms with Crippen molar-refractivity contribution in [3.63, 3.8) is 0 Å². The highest BCUT2D eigenvalue weighted by molar-refractivity contribution is 5.49. The summed E-state index contributed by atoms with van der Waals surface area (Å²) in [5.41, 5.74) is 1.34. The topological polar surface area (TPSA) is 78.9 Å². The highest BCUT2D eigenvalue weighted by Gasteiger charge is 2.12. The summed E-state index contributed by atoms with van der Waals surface area (Å²) in [5.74, 6) is -0.00170. The molecule has 0 fully saturated rings. The molecule has 0 saturated carbocycles. The maximum atomic E-state index is 12.2. The van der Waals surface area contributed by atoms with E-state index in [0.29, 0.717) is 12.1 Å². The Labute approximate surface area is 121 Å². The van der Waals surface area contributed by atoms with Gasteiger partial charge in [-0.3, -0.25) is 9.78 Å². The van der Waals surface area contributed by atoms with Crippen molar-refractivity contribution >= 4 is 0 Å². The van der Waals surface area contributed by atoms with Crippen LogP contribution in [0.2, 0.25) is 0 Å². The molecular weight excluding hydrogens is 266 g/mol. The van der Waals surface area contributed by atoms with Gasteiger partial charge in [0.25, 0.3) is 5.56 Å². The largest absolute Gasteiger partial charge is 0.493 e. The minimum atomic E-state index is -0.355. The highest BCUT2D eigenvalue weighted by atomic mass is 16.3. The molecule has 21 heavy (non-hydrogen) atoms. The highest BCUT2D eigenvalue weighted by Crippen LogP contribution is 2.17. The minimum Gasteiger partial charge on any atom is -0.493 e. The molecule has 104 valence electrons. The molecule has 0 aliphatic heterocycles. The second-order valence-corrected chi connectivity index (χ2v) is 4.59. The summed E-state index contributed by atoms with van der Waals surface area (Å²) in [6.45, 7) is 0. The molecule has 0 amide bonds. The van der Waals surface area contributed by atoms with E-state index in [2.05, 4.69) is 15.0 Å². The molecule has 2 N–H and O–H groups in total. The predicted molar refractivity (Wildman–Crippen MR) is 79.0 cm³/mol. The molecule has 2 aromatic heterocycles. The fraction of sp³-hybridized carbons (Fsp3) is 0.0625. The molecule has 0 unspecified atom stereocenters.